The Morgan fingerprint density at radius 3 is 2.08 bits per heavy atom. The maximum atomic E-state index is 11.4. The van der Waals surface area contributed by atoms with Gasteiger partial charge in [-0.05, 0) is 39.2 Å². The number of amides is 2. The van der Waals surface area contributed by atoms with Crippen molar-refractivity contribution in [1.82, 2.24) is 10.2 Å². The van der Waals surface area contributed by atoms with Gasteiger partial charge in [0.05, 0.1) is 0 Å². The first-order chi connectivity index (χ1) is 12.3. The molecule has 26 heavy (non-hydrogen) atoms. The van der Waals surface area contributed by atoms with Crippen LogP contribution in [0, 0.1) is 0 Å². The standard InChI is InChI=1S/C9H17NO2.C9H11NO2.C2H6/c1-9(2,3)12-8(11)10-6-4-5-7-10;1-10-9(11)12-7-8-5-3-2-4-6-8;1-2/h4-7H2,1-3H3;2-6H,7H2,1H3,(H,10,11);1-2H3. The summed E-state index contributed by atoms with van der Waals surface area (Å²) in [5, 5.41) is 2.37. The lowest BCUT2D eigenvalue weighted by Crippen LogP contribution is -2.34. The Morgan fingerprint density at radius 2 is 1.62 bits per heavy atom. The van der Waals surface area contributed by atoms with Gasteiger partial charge in [-0.1, -0.05) is 44.2 Å². The molecular formula is C20H34N2O4. The molecule has 2 amide bonds. The van der Waals surface area contributed by atoms with Gasteiger partial charge in [-0.3, -0.25) is 0 Å². The van der Waals surface area contributed by atoms with Gasteiger partial charge in [-0.25, -0.2) is 9.59 Å². The SMILES string of the molecule is CC.CC(C)(C)OC(=O)N1CCCC1.CNC(=O)OCc1ccccc1. The number of likely N-dealkylation sites (tertiary alicyclic amines) is 1. The van der Waals surface area contributed by atoms with E-state index in [-0.39, 0.29) is 11.7 Å². The molecule has 1 aliphatic rings. The molecule has 0 aromatic heterocycles. The number of ether oxygens (including phenoxy) is 2. The molecule has 0 radical (unpaired) electrons. The molecule has 1 aromatic carbocycles. The first-order valence-electron chi connectivity index (χ1n) is 9.18. The number of carbonyl (C=O) groups is 2. The summed E-state index contributed by atoms with van der Waals surface area (Å²) in [6, 6.07) is 9.54. The quantitative estimate of drug-likeness (QED) is 0.831. The van der Waals surface area contributed by atoms with Gasteiger partial charge in [0.15, 0.2) is 0 Å². The van der Waals surface area contributed by atoms with Crippen LogP contribution in [0.1, 0.15) is 53.0 Å². The fraction of sp³-hybridized carbons (Fsp3) is 0.600. The van der Waals surface area contributed by atoms with Crippen LogP contribution in [-0.4, -0.2) is 42.8 Å². The highest BCUT2D eigenvalue weighted by molar-refractivity contribution is 5.68. The summed E-state index contributed by atoms with van der Waals surface area (Å²) in [6.45, 7) is 11.7. The summed E-state index contributed by atoms with van der Waals surface area (Å²) in [5.41, 5.74) is 0.626. The number of carbonyl (C=O) groups excluding carboxylic acids is 2. The highest BCUT2D eigenvalue weighted by Gasteiger charge is 2.23. The van der Waals surface area contributed by atoms with Crippen molar-refractivity contribution in [1.29, 1.82) is 0 Å². The zero-order chi connectivity index (χ0) is 20.0. The third-order valence-electron chi connectivity index (χ3n) is 3.17. The molecule has 0 bridgehead atoms. The van der Waals surface area contributed by atoms with Crippen molar-refractivity contribution in [3.05, 3.63) is 35.9 Å². The van der Waals surface area contributed by atoms with Gasteiger partial charge in [0.1, 0.15) is 12.2 Å². The minimum Gasteiger partial charge on any atom is -0.445 e. The van der Waals surface area contributed by atoms with Crippen LogP contribution in [0.5, 0.6) is 0 Å². The van der Waals surface area contributed by atoms with Crippen LogP contribution in [0.4, 0.5) is 9.59 Å². The molecule has 1 saturated heterocycles. The monoisotopic (exact) mass is 366 g/mol. The minimum atomic E-state index is -0.404. The molecule has 6 nitrogen and oxygen atoms in total. The van der Waals surface area contributed by atoms with Crippen LogP contribution in [0.15, 0.2) is 30.3 Å². The smallest absolute Gasteiger partial charge is 0.410 e. The van der Waals surface area contributed by atoms with E-state index in [2.05, 4.69) is 5.32 Å². The summed E-state index contributed by atoms with van der Waals surface area (Å²) in [4.78, 5) is 23.8. The molecule has 1 aromatic rings. The Kier molecular flexibility index (Phi) is 11.9. The lowest BCUT2D eigenvalue weighted by atomic mass is 10.2. The second-order valence-electron chi connectivity index (χ2n) is 6.49. The lowest BCUT2D eigenvalue weighted by molar-refractivity contribution is 0.0295. The van der Waals surface area contributed by atoms with Crippen LogP contribution in [0.2, 0.25) is 0 Å². The van der Waals surface area contributed by atoms with E-state index in [9.17, 15) is 9.59 Å². The molecular weight excluding hydrogens is 332 g/mol. The first-order valence-corrected chi connectivity index (χ1v) is 9.18. The van der Waals surface area contributed by atoms with Gasteiger partial charge in [0.2, 0.25) is 0 Å². The predicted octanol–water partition coefficient (Wildman–Crippen LogP) is 4.59. The molecule has 0 spiro atoms. The van der Waals surface area contributed by atoms with Crippen LogP contribution in [0.3, 0.4) is 0 Å². The maximum Gasteiger partial charge on any atom is 0.410 e. The van der Waals surface area contributed by atoms with Crippen LogP contribution in [0.25, 0.3) is 0 Å². The Balaban J connectivity index is 0.000000439. The molecule has 0 aliphatic carbocycles. The third-order valence-corrected chi connectivity index (χ3v) is 3.17. The fourth-order valence-electron chi connectivity index (χ4n) is 2.02. The van der Waals surface area contributed by atoms with Crippen molar-refractivity contribution >= 4 is 12.2 Å². The zero-order valence-electron chi connectivity index (χ0n) is 17.0. The highest BCUT2D eigenvalue weighted by Crippen LogP contribution is 2.14. The number of hydrogen-bond acceptors (Lipinski definition) is 4. The van der Waals surface area contributed by atoms with Gasteiger partial charge in [0.25, 0.3) is 0 Å². The van der Waals surface area contributed by atoms with E-state index in [0.717, 1.165) is 31.5 Å². The van der Waals surface area contributed by atoms with Gasteiger partial charge in [0, 0.05) is 20.1 Å². The van der Waals surface area contributed by atoms with E-state index < -0.39 is 6.09 Å². The van der Waals surface area contributed by atoms with Gasteiger partial charge < -0.3 is 19.7 Å². The number of alkyl carbamates (subject to hydrolysis) is 1. The second-order valence-corrected chi connectivity index (χ2v) is 6.49. The van der Waals surface area contributed by atoms with Crippen LogP contribution >= 0.6 is 0 Å². The van der Waals surface area contributed by atoms with Crippen molar-refractivity contribution in [3.8, 4) is 0 Å². The molecule has 2 rings (SSSR count). The van der Waals surface area contributed by atoms with Crippen molar-refractivity contribution in [2.45, 2.75) is 59.7 Å². The molecule has 1 N–H and O–H groups in total. The van der Waals surface area contributed by atoms with E-state index in [1.807, 2.05) is 65.0 Å². The molecule has 0 unspecified atom stereocenters. The summed E-state index contributed by atoms with van der Waals surface area (Å²) < 4.78 is 10.0. The Labute approximate surface area is 157 Å². The number of benzene rings is 1. The first kappa shape index (κ1) is 23.8. The number of rotatable bonds is 2. The average Bonchev–Trinajstić information content (AvgIpc) is 3.16. The summed E-state index contributed by atoms with van der Waals surface area (Å²) in [5.74, 6) is 0. The predicted molar refractivity (Wildman–Crippen MR) is 104 cm³/mol. The van der Waals surface area contributed by atoms with Gasteiger partial charge in [-0.15, -0.1) is 0 Å². The normalized spacial score (nSPS) is 12.8. The van der Waals surface area contributed by atoms with Crippen LogP contribution in [-0.2, 0) is 16.1 Å². The van der Waals surface area contributed by atoms with Crippen LogP contribution < -0.4 is 5.32 Å². The molecule has 0 atom stereocenters. The summed E-state index contributed by atoms with van der Waals surface area (Å²) in [6.07, 6.45) is 1.65. The molecule has 1 fully saturated rings. The molecule has 148 valence electrons. The topological polar surface area (TPSA) is 67.9 Å². The number of nitrogens with one attached hydrogen (secondary N) is 1. The van der Waals surface area contributed by atoms with Gasteiger partial charge >= 0.3 is 12.2 Å². The van der Waals surface area contributed by atoms with Gasteiger partial charge in [-0.2, -0.15) is 0 Å². The Morgan fingerprint density at radius 1 is 1.08 bits per heavy atom. The molecule has 1 heterocycles. The summed E-state index contributed by atoms with van der Waals surface area (Å²) in [7, 11) is 1.54. The second kappa shape index (κ2) is 13.0. The van der Waals surface area contributed by atoms with E-state index in [1.165, 1.54) is 7.05 Å². The van der Waals surface area contributed by atoms with Crippen molar-refractivity contribution in [3.63, 3.8) is 0 Å². The number of hydrogen-bond donors (Lipinski definition) is 1. The zero-order valence-corrected chi connectivity index (χ0v) is 17.0. The minimum absolute atomic E-state index is 0.167. The Hall–Kier alpha value is -2.24. The summed E-state index contributed by atoms with van der Waals surface area (Å²) >= 11 is 0. The van der Waals surface area contributed by atoms with E-state index >= 15 is 0 Å². The van der Waals surface area contributed by atoms with Crippen molar-refractivity contribution < 1.29 is 19.1 Å². The van der Waals surface area contributed by atoms with Crippen molar-refractivity contribution in [2.24, 2.45) is 0 Å². The average molecular weight is 367 g/mol. The largest absolute Gasteiger partial charge is 0.445 e. The van der Waals surface area contributed by atoms with E-state index in [1.54, 1.807) is 4.90 Å². The van der Waals surface area contributed by atoms with E-state index in [4.69, 9.17) is 9.47 Å². The third kappa shape index (κ3) is 11.3. The molecule has 0 saturated carbocycles. The molecule has 6 heteroatoms. The lowest BCUT2D eigenvalue weighted by Gasteiger charge is -2.23. The Bertz CT molecular complexity index is 506. The fourth-order valence-corrected chi connectivity index (χ4v) is 2.02. The van der Waals surface area contributed by atoms with E-state index in [0.29, 0.717) is 6.61 Å². The molecule has 1 aliphatic heterocycles. The number of nitrogens with zero attached hydrogens (tertiary/aromatic N) is 1. The maximum absolute atomic E-state index is 11.4. The van der Waals surface area contributed by atoms with Crippen molar-refractivity contribution in [2.75, 3.05) is 20.1 Å². The highest BCUT2D eigenvalue weighted by atomic mass is 16.6.